The minimum Gasteiger partial charge on any atom is -0.248 e. The summed E-state index contributed by atoms with van der Waals surface area (Å²) in [6, 6.07) is 1.32. The van der Waals surface area contributed by atoms with Crippen LogP contribution in [0.15, 0.2) is 26.2 Å². The molecule has 7 heteroatoms. The van der Waals surface area contributed by atoms with Crippen LogP contribution in [0.4, 0.5) is 0 Å². The van der Waals surface area contributed by atoms with Gasteiger partial charge in [-0.15, -0.1) is 0 Å². The molecule has 0 aromatic carbocycles. The quantitative estimate of drug-likeness (QED) is 0.585. The maximum absolute atomic E-state index is 10.9. The van der Waals surface area contributed by atoms with Crippen molar-refractivity contribution in [1.82, 2.24) is 4.98 Å². The van der Waals surface area contributed by atoms with E-state index < -0.39 is 9.05 Å². The van der Waals surface area contributed by atoms with Crippen molar-refractivity contribution in [3.05, 3.63) is 21.3 Å². The van der Waals surface area contributed by atoms with Gasteiger partial charge in [0.1, 0.15) is 9.50 Å². The molecule has 0 unspecified atom stereocenters. The summed E-state index contributed by atoms with van der Waals surface area (Å²) in [5, 5.41) is 0. The maximum Gasteiger partial charge on any atom is 0.262 e. The molecule has 1 rings (SSSR count). The Balaban J connectivity index is 3.47. The van der Waals surface area contributed by atoms with Crippen LogP contribution in [0.1, 0.15) is 0 Å². The number of hydrogen-bond acceptors (Lipinski definition) is 3. The van der Waals surface area contributed by atoms with E-state index in [1.165, 1.54) is 12.3 Å². The van der Waals surface area contributed by atoms with Gasteiger partial charge in [-0.1, -0.05) is 0 Å². The molecule has 0 bridgehead atoms. The molecule has 3 nitrogen and oxygen atoms in total. The van der Waals surface area contributed by atoms with Crippen LogP contribution in [0.2, 0.25) is 0 Å². The molecule has 66 valence electrons. The van der Waals surface area contributed by atoms with Gasteiger partial charge in [0.25, 0.3) is 9.05 Å². The van der Waals surface area contributed by atoms with E-state index >= 15 is 0 Å². The van der Waals surface area contributed by atoms with E-state index in [2.05, 4.69) is 36.8 Å². The number of hydrogen-bond donors (Lipinski definition) is 0. The lowest BCUT2D eigenvalue weighted by molar-refractivity contribution is 0.609. The molecule has 0 radical (unpaired) electrons. The Morgan fingerprint density at radius 2 is 2.00 bits per heavy atom. The Morgan fingerprint density at radius 1 is 1.42 bits per heavy atom. The number of pyridine rings is 1. The summed E-state index contributed by atoms with van der Waals surface area (Å²) in [6.07, 6.45) is 1.35. The monoisotopic (exact) mass is 333 g/mol. The van der Waals surface area contributed by atoms with Crippen LogP contribution in [0.3, 0.4) is 0 Å². The van der Waals surface area contributed by atoms with E-state index in [1.807, 2.05) is 0 Å². The second-order valence-corrected chi connectivity index (χ2v) is 5.93. The van der Waals surface area contributed by atoms with Crippen molar-refractivity contribution in [2.75, 3.05) is 0 Å². The van der Waals surface area contributed by atoms with Gasteiger partial charge in [-0.3, -0.25) is 0 Å². The molecule has 1 aromatic heterocycles. The van der Waals surface area contributed by atoms with Crippen molar-refractivity contribution in [3.63, 3.8) is 0 Å². The van der Waals surface area contributed by atoms with Gasteiger partial charge in [-0.2, -0.15) is 0 Å². The summed E-state index contributed by atoms with van der Waals surface area (Å²) < 4.78 is 22.5. The van der Waals surface area contributed by atoms with Crippen molar-refractivity contribution < 1.29 is 8.42 Å². The van der Waals surface area contributed by atoms with Crippen molar-refractivity contribution in [3.8, 4) is 0 Å². The van der Waals surface area contributed by atoms with Crippen LogP contribution in [0.25, 0.3) is 0 Å². The van der Waals surface area contributed by atoms with Crippen molar-refractivity contribution in [1.29, 1.82) is 0 Å². The highest BCUT2D eigenvalue weighted by Gasteiger charge is 2.16. The second kappa shape index (κ2) is 3.61. The zero-order valence-electron chi connectivity index (χ0n) is 5.46. The highest BCUT2D eigenvalue weighted by molar-refractivity contribution is 9.13. The van der Waals surface area contributed by atoms with E-state index in [0.29, 0.717) is 9.08 Å². The SMILES string of the molecule is O=S(=O)(Cl)c1ccnc(Br)c1Br. The zero-order valence-corrected chi connectivity index (χ0v) is 10.2. The Bertz CT molecular complexity index is 406. The molecular weight excluding hydrogens is 333 g/mol. The molecule has 0 aliphatic carbocycles. The number of nitrogens with zero attached hydrogens (tertiary/aromatic N) is 1. The van der Waals surface area contributed by atoms with Gasteiger partial charge in [0.15, 0.2) is 0 Å². The molecule has 0 amide bonds. The van der Waals surface area contributed by atoms with Crippen LogP contribution in [0.5, 0.6) is 0 Å². The smallest absolute Gasteiger partial charge is 0.248 e. The minimum absolute atomic E-state index is 0.00559. The Labute approximate surface area is 90.8 Å². The summed E-state index contributed by atoms with van der Waals surface area (Å²) in [5.41, 5.74) is 0. The molecular formula is C5H2Br2ClNO2S. The molecule has 0 atom stereocenters. The molecule has 0 saturated carbocycles. The lowest BCUT2D eigenvalue weighted by Gasteiger charge is -1.99. The van der Waals surface area contributed by atoms with E-state index in [1.54, 1.807) is 0 Å². The van der Waals surface area contributed by atoms with Gasteiger partial charge in [0.2, 0.25) is 0 Å². The molecule has 1 heterocycles. The fourth-order valence-corrected chi connectivity index (χ4v) is 3.13. The molecule has 0 spiro atoms. The number of halogens is 3. The average Bonchev–Trinajstić information content (AvgIpc) is 1.92. The van der Waals surface area contributed by atoms with Crippen LogP contribution in [0, 0.1) is 0 Å². The van der Waals surface area contributed by atoms with E-state index in [4.69, 9.17) is 10.7 Å². The Morgan fingerprint density at radius 3 is 2.42 bits per heavy atom. The molecule has 0 aliphatic rings. The van der Waals surface area contributed by atoms with Gasteiger partial charge >= 0.3 is 0 Å². The first-order valence-electron chi connectivity index (χ1n) is 2.67. The molecule has 0 saturated heterocycles. The van der Waals surface area contributed by atoms with E-state index in [9.17, 15) is 8.42 Å². The van der Waals surface area contributed by atoms with Crippen LogP contribution >= 0.6 is 42.5 Å². The number of rotatable bonds is 1. The number of aromatic nitrogens is 1. The normalized spacial score (nSPS) is 11.6. The Hall–Kier alpha value is 0.350. The molecule has 0 aliphatic heterocycles. The van der Waals surface area contributed by atoms with Crippen molar-refractivity contribution in [2.45, 2.75) is 4.90 Å². The molecule has 0 fully saturated rings. The first-order chi connectivity index (χ1) is 5.43. The molecule has 12 heavy (non-hydrogen) atoms. The van der Waals surface area contributed by atoms with E-state index in [-0.39, 0.29) is 4.90 Å². The van der Waals surface area contributed by atoms with Crippen LogP contribution in [-0.2, 0) is 9.05 Å². The average molecular weight is 335 g/mol. The molecule has 0 N–H and O–H groups in total. The van der Waals surface area contributed by atoms with Crippen LogP contribution in [-0.4, -0.2) is 13.4 Å². The van der Waals surface area contributed by atoms with Gasteiger partial charge in [-0.25, -0.2) is 13.4 Å². The lowest BCUT2D eigenvalue weighted by atomic mass is 10.5. The molecule has 1 aromatic rings. The third kappa shape index (κ3) is 2.18. The zero-order chi connectivity index (χ0) is 9.35. The first kappa shape index (κ1) is 10.4. The third-order valence-corrected chi connectivity index (χ3v) is 4.64. The van der Waals surface area contributed by atoms with Gasteiger partial charge < -0.3 is 0 Å². The third-order valence-electron chi connectivity index (χ3n) is 1.07. The van der Waals surface area contributed by atoms with Gasteiger partial charge in [-0.05, 0) is 37.9 Å². The fourth-order valence-electron chi connectivity index (χ4n) is 0.590. The van der Waals surface area contributed by atoms with Crippen molar-refractivity contribution >= 4 is 51.6 Å². The Kier molecular flexibility index (Phi) is 3.14. The minimum atomic E-state index is -3.70. The predicted molar refractivity (Wildman–Crippen MR) is 52.7 cm³/mol. The van der Waals surface area contributed by atoms with Crippen LogP contribution < -0.4 is 0 Å². The first-order valence-corrected chi connectivity index (χ1v) is 6.57. The highest BCUT2D eigenvalue weighted by atomic mass is 79.9. The van der Waals surface area contributed by atoms with E-state index in [0.717, 1.165) is 0 Å². The standard InChI is InChI=1S/C5H2Br2ClNO2S/c6-4-3(12(8,10)11)1-2-9-5(4)7/h1-2H. The summed E-state index contributed by atoms with van der Waals surface area (Å²) in [6.45, 7) is 0. The predicted octanol–water partition coefficient (Wildman–Crippen LogP) is 2.53. The lowest BCUT2D eigenvalue weighted by Crippen LogP contribution is -1.93. The summed E-state index contributed by atoms with van der Waals surface area (Å²) in [5.74, 6) is 0. The largest absolute Gasteiger partial charge is 0.262 e. The summed E-state index contributed by atoms with van der Waals surface area (Å²) >= 11 is 6.10. The maximum atomic E-state index is 10.9. The summed E-state index contributed by atoms with van der Waals surface area (Å²) in [7, 11) is 1.43. The second-order valence-electron chi connectivity index (χ2n) is 1.85. The highest BCUT2D eigenvalue weighted by Crippen LogP contribution is 2.29. The van der Waals surface area contributed by atoms with Gasteiger partial charge in [0.05, 0.1) is 4.47 Å². The summed E-state index contributed by atoms with van der Waals surface area (Å²) in [4.78, 5) is 3.81. The topological polar surface area (TPSA) is 47.0 Å². The van der Waals surface area contributed by atoms with Gasteiger partial charge in [0, 0.05) is 16.9 Å². The fraction of sp³-hybridized carbons (Fsp3) is 0. The van der Waals surface area contributed by atoms with Crippen molar-refractivity contribution in [2.24, 2.45) is 0 Å².